The van der Waals surface area contributed by atoms with Crippen LogP contribution in [0.1, 0.15) is 29.9 Å². The summed E-state index contributed by atoms with van der Waals surface area (Å²) in [5, 5.41) is 9.96. The van der Waals surface area contributed by atoms with Crippen molar-refractivity contribution in [1.82, 2.24) is 4.90 Å². The first kappa shape index (κ1) is 21.8. The number of likely N-dealkylation sites (tertiary alicyclic amines) is 1. The van der Waals surface area contributed by atoms with E-state index >= 15 is 0 Å². The van der Waals surface area contributed by atoms with Crippen LogP contribution in [0.4, 0.5) is 5.69 Å². The van der Waals surface area contributed by atoms with Crippen molar-refractivity contribution < 1.29 is 18.3 Å². The highest BCUT2D eigenvalue weighted by atomic mass is 32.2. The van der Waals surface area contributed by atoms with Gasteiger partial charge in [-0.3, -0.25) is 9.52 Å². The molecule has 4 atom stereocenters. The van der Waals surface area contributed by atoms with Gasteiger partial charge in [0, 0.05) is 31.2 Å². The van der Waals surface area contributed by atoms with Crippen molar-refractivity contribution in [1.29, 1.82) is 0 Å². The fourth-order valence-electron chi connectivity index (χ4n) is 5.03. The molecule has 2 aromatic rings. The summed E-state index contributed by atoms with van der Waals surface area (Å²) in [5.41, 5.74) is 7.41. The monoisotopic (exact) mass is 443 g/mol. The minimum absolute atomic E-state index is 0.00127. The molecule has 1 amide bonds. The average molecular weight is 444 g/mol. The second-order valence-corrected chi connectivity index (χ2v) is 10.6. The van der Waals surface area contributed by atoms with Crippen LogP contribution in [0.15, 0.2) is 54.6 Å². The molecule has 1 aliphatic heterocycles. The number of nitrogens with one attached hydrogen (secondary N) is 1. The van der Waals surface area contributed by atoms with E-state index in [4.69, 9.17) is 5.73 Å². The molecule has 4 N–H and O–H groups in total. The number of sulfonamides is 1. The van der Waals surface area contributed by atoms with Crippen molar-refractivity contribution in [2.45, 2.75) is 30.3 Å². The third kappa shape index (κ3) is 4.61. The normalized spacial score (nSPS) is 27.0. The number of nitrogens with zero attached hydrogens (tertiary/aromatic N) is 1. The molecule has 1 saturated carbocycles. The molecule has 7 nitrogen and oxygen atoms in total. The lowest BCUT2D eigenvalue weighted by atomic mass is 9.84. The first-order valence-electron chi connectivity index (χ1n) is 10.5. The molecule has 2 fully saturated rings. The van der Waals surface area contributed by atoms with Crippen molar-refractivity contribution in [3.8, 4) is 0 Å². The molecule has 2 aliphatic rings. The minimum Gasteiger partial charge on any atom is -0.392 e. The lowest BCUT2D eigenvalue weighted by Crippen LogP contribution is -2.35. The highest BCUT2D eigenvalue weighted by molar-refractivity contribution is 7.92. The quantitative estimate of drug-likeness (QED) is 0.574. The summed E-state index contributed by atoms with van der Waals surface area (Å²) in [4.78, 5) is 15.0. The van der Waals surface area contributed by atoms with E-state index in [0.29, 0.717) is 18.7 Å². The molecule has 0 aromatic heterocycles. The zero-order valence-corrected chi connectivity index (χ0v) is 18.4. The van der Waals surface area contributed by atoms with Gasteiger partial charge in [0.15, 0.2) is 0 Å². The number of carbonyl (C=O) groups excluding carboxylic acids is 1. The van der Waals surface area contributed by atoms with Crippen LogP contribution >= 0.6 is 0 Å². The van der Waals surface area contributed by atoms with Gasteiger partial charge in [-0.25, -0.2) is 8.42 Å². The van der Waals surface area contributed by atoms with Crippen molar-refractivity contribution in [3.05, 3.63) is 65.7 Å². The molecule has 1 saturated heterocycles. The number of primary amides is 1. The Morgan fingerprint density at radius 2 is 2.00 bits per heavy atom. The maximum absolute atomic E-state index is 12.7. The first-order chi connectivity index (χ1) is 14.7. The third-order valence-corrected chi connectivity index (χ3v) is 7.16. The Balaban J connectivity index is 1.67. The SMILES string of the molecule is CS(=O)(=O)Nc1cccc(C2(C(N)=O)CC2[C@H](CN2CC[C@@H](O)C2)c2ccccc2)c1. The van der Waals surface area contributed by atoms with E-state index in [2.05, 4.69) is 21.8 Å². The van der Waals surface area contributed by atoms with Gasteiger partial charge in [0.1, 0.15) is 0 Å². The number of anilines is 1. The number of benzene rings is 2. The van der Waals surface area contributed by atoms with Crippen LogP contribution in [0.2, 0.25) is 0 Å². The lowest BCUT2D eigenvalue weighted by Gasteiger charge is -2.27. The van der Waals surface area contributed by atoms with Crippen molar-refractivity contribution in [2.24, 2.45) is 11.7 Å². The Kier molecular flexibility index (Phi) is 5.81. The van der Waals surface area contributed by atoms with Crippen LogP contribution in [0.5, 0.6) is 0 Å². The highest BCUT2D eigenvalue weighted by Gasteiger charge is 2.63. The van der Waals surface area contributed by atoms with Gasteiger partial charge in [-0.15, -0.1) is 0 Å². The Hall–Kier alpha value is -2.42. The van der Waals surface area contributed by atoms with Crippen LogP contribution in [-0.4, -0.2) is 56.3 Å². The van der Waals surface area contributed by atoms with Gasteiger partial charge in [0.05, 0.1) is 17.8 Å². The van der Waals surface area contributed by atoms with Crippen molar-refractivity contribution >= 4 is 21.6 Å². The second-order valence-electron chi connectivity index (χ2n) is 8.82. The number of rotatable bonds is 8. The van der Waals surface area contributed by atoms with Gasteiger partial charge < -0.3 is 15.7 Å². The van der Waals surface area contributed by atoms with Crippen molar-refractivity contribution in [2.75, 3.05) is 30.6 Å². The van der Waals surface area contributed by atoms with Gasteiger partial charge in [-0.1, -0.05) is 42.5 Å². The van der Waals surface area contributed by atoms with Crippen LogP contribution in [0.25, 0.3) is 0 Å². The maximum Gasteiger partial charge on any atom is 0.229 e. The summed E-state index contributed by atoms with van der Waals surface area (Å²) in [6.45, 7) is 2.20. The van der Waals surface area contributed by atoms with Crippen LogP contribution in [0, 0.1) is 5.92 Å². The van der Waals surface area contributed by atoms with Gasteiger partial charge in [-0.05, 0) is 42.0 Å². The van der Waals surface area contributed by atoms with E-state index < -0.39 is 21.3 Å². The zero-order valence-electron chi connectivity index (χ0n) is 17.6. The van der Waals surface area contributed by atoms with E-state index in [1.165, 1.54) is 0 Å². The molecule has 1 aliphatic carbocycles. The molecule has 166 valence electrons. The number of aliphatic hydroxyl groups is 1. The molecular weight excluding hydrogens is 414 g/mol. The summed E-state index contributed by atoms with van der Waals surface area (Å²) < 4.78 is 25.8. The topological polar surface area (TPSA) is 113 Å². The molecule has 2 unspecified atom stereocenters. The average Bonchev–Trinajstić information content (AvgIpc) is 3.34. The van der Waals surface area contributed by atoms with Gasteiger partial charge in [-0.2, -0.15) is 0 Å². The Morgan fingerprint density at radius 3 is 2.61 bits per heavy atom. The van der Waals surface area contributed by atoms with Gasteiger partial charge >= 0.3 is 0 Å². The Bertz CT molecular complexity index is 1060. The number of aliphatic hydroxyl groups excluding tert-OH is 1. The van der Waals surface area contributed by atoms with E-state index in [-0.39, 0.29) is 17.9 Å². The van der Waals surface area contributed by atoms with Crippen LogP contribution < -0.4 is 10.5 Å². The van der Waals surface area contributed by atoms with E-state index in [9.17, 15) is 18.3 Å². The first-order valence-corrected chi connectivity index (χ1v) is 12.4. The Labute approximate surface area is 183 Å². The third-order valence-electron chi connectivity index (χ3n) is 6.55. The van der Waals surface area contributed by atoms with E-state index in [1.54, 1.807) is 18.2 Å². The summed E-state index contributed by atoms with van der Waals surface area (Å²) in [5.74, 6) is -0.319. The second kappa shape index (κ2) is 8.26. The number of hydrogen-bond acceptors (Lipinski definition) is 5. The summed E-state index contributed by atoms with van der Waals surface area (Å²) in [6.07, 6.45) is 2.15. The highest BCUT2D eigenvalue weighted by Crippen LogP contribution is 2.60. The molecule has 1 heterocycles. The fraction of sp³-hybridized carbons (Fsp3) is 0.435. The van der Waals surface area contributed by atoms with Crippen molar-refractivity contribution in [3.63, 3.8) is 0 Å². The Morgan fingerprint density at radius 1 is 1.26 bits per heavy atom. The molecule has 2 aromatic carbocycles. The molecule has 31 heavy (non-hydrogen) atoms. The summed E-state index contributed by atoms with van der Waals surface area (Å²) in [6, 6.07) is 17.1. The number of carbonyl (C=O) groups is 1. The standard InChI is InChI=1S/C23H29N3O4S/c1-31(29,30)25-18-9-5-8-17(12-18)23(22(24)28)13-21(23)20(16-6-3-2-4-7-16)15-26-11-10-19(27)14-26/h2-9,12,19-21,25,27H,10-11,13-15H2,1H3,(H2,24,28)/t19-,20-,21?,23?/m1/s1. The molecule has 8 heteroatoms. The molecule has 0 bridgehead atoms. The van der Waals surface area contributed by atoms with Gasteiger partial charge in [0.2, 0.25) is 15.9 Å². The smallest absolute Gasteiger partial charge is 0.229 e. The minimum atomic E-state index is -3.43. The number of β-amino-alcohol motifs (C(OH)–C–C–N with tert-alkyl or cyclic N) is 1. The number of nitrogens with two attached hydrogens (primary N) is 1. The maximum atomic E-state index is 12.7. The largest absolute Gasteiger partial charge is 0.392 e. The summed E-state index contributed by atoms with van der Waals surface area (Å²) >= 11 is 0. The summed E-state index contributed by atoms with van der Waals surface area (Å²) in [7, 11) is -3.43. The predicted octanol–water partition coefficient (Wildman–Crippen LogP) is 1.65. The van der Waals surface area contributed by atoms with Gasteiger partial charge in [0.25, 0.3) is 0 Å². The van der Waals surface area contributed by atoms with E-state index in [0.717, 1.165) is 36.9 Å². The van der Waals surface area contributed by atoms with Crippen LogP contribution in [-0.2, 0) is 20.2 Å². The molecular formula is C23H29N3O4S. The lowest BCUT2D eigenvalue weighted by molar-refractivity contribution is -0.120. The van der Waals surface area contributed by atoms with E-state index in [1.807, 2.05) is 24.3 Å². The molecule has 0 radical (unpaired) electrons. The molecule has 4 rings (SSSR count). The predicted molar refractivity (Wildman–Crippen MR) is 120 cm³/mol. The van der Waals surface area contributed by atoms with Crippen LogP contribution in [0.3, 0.4) is 0 Å². The number of amides is 1. The number of hydrogen-bond donors (Lipinski definition) is 3. The fourth-order valence-corrected chi connectivity index (χ4v) is 5.58. The zero-order chi connectivity index (χ0) is 22.2. The molecule has 0 spiro atoms.